The average Bonchev–Trinajstić information content (AvgIpc) is 3.11. The van der Waals surface area contributed by atoms with E-state index >= 15 is 0 Å². The standard InChI is InChI=1S/C17H18N4O4/c1-20-10-12(9-18-20)19-15(22)11-4-5-13-14(8-11)17(24)21(16(13)23)6-3-7-25-2/h4-5,8-10H,3,6-7H2,1-2H3,(H,19,22). The zero-order valence-electron chi connectivity index (χ0n) is 14.0. The van der Waals surface area contributed by atoms with Gasteiger partial charge in [0.25, 0.3) is 17.7 Å². The Labute approximate surface area is 144 Å². The Balaban J connectivity index is 1.78. The minimum absolute atomic E-state index is 0.251. The van der Waals surface area contributed by atoms with E-state index in [2.05, 4.69) is 10.4 Å². The molecular formula is C17H18N4O4. The van der Waals surface area contributed by atoms with Crippen molar-refractivity contribution in [3.63, 3.8) is 0 Å². The molecule has 1 aliphatic rings. The summed E-state index contributed by atoms with van der Waals surface area (Å²) in [6.07, 6.45) is 3.76. The molecule has 0 spiro atoms. The molecule has 1 aromatic heterocycles. The number of fused-ring (bicyclic) bond motifs is 1. The third-order valence-corrected chi connectivity index (χ3v) is 3.93. The molecule has 8 heteroatoms. The lowest BCUT2D eigenvalue weighted by Crippen LogP contribution is -2.31. The molecular weight excluding hydrogens is 324 g/mol. The Morgan fingerprint density at radius 1 is 1.24 bits per heavy atom. The van der Waals surface area contributed by atoms with Gasteiger partial charge in [0, 0.05) is 39.1 Å². The Morgan fingerprint density at radius 3 is 2.68 bits per heavy atom. The second-order valence-corrected chi connectivity index (χ2v) is 5.73. The second kappa shape index (κ2) is 6.86. The van der Waals surface area contributed by atoms with Crippen LogP contribution in [0.3, 0.4) is 0 Å². The number of ether oxygens (including phenoxy) is 1. The predicted octanol–water partition coefficient (Wildman–Crippen LogP) is 1.30. The molecule has 0 unspecified atom stereocenters. The van der Waals surface area contributed by atoms with Crippen LogP contribution in [0, 0.1) is 0 Å². The molecule has 1 aliphatic heterocycles. The molecule has 0 radical (unpaired) electrons. The number of aryl methyl sites for hydroxylation is 1. The quantitative estimate of drug-likeness (QED) is 0.631. The van der Waals surface area contributed by atoms with Crippen molar-refractivity contribution in [2.24, 2.45) is 7.05 Å². The van der Waals surface area contributed by atoms with Gasteiger partial charge in [0.15, 0.2) is 0 Å². The number of nitrogens with zero attached hydrogens (tertiary/aromatic N) is 3. The molecule has 0 saturated carbocycles. The van der Waals surface area contributed by atoms with E-state index in [1.165, 1.54) is 29.3 Å². The van der Waals surface area contributed by atoms with E-state index in [1.54, 1.807) is 25.0 Å². The molecule has 0 atom stereocenters. The number of carbonyl (C=O) groups excluding carboxylic acids is 3. The Bertz CT molecular complexity index is 843. The molecule has 130 valence electrons. The number of anilines is 1. The van der Waals surface area contributed by atoms with Gasteiger partial charge in [-0.2, -0.15) is 5.10 Å². The Morgan fingerprint density at radius 2 is 2.00 bits per heavy atom. The summed E-state index contributed by atoms with van der Waals surface area (Å²) in [6.45, 7) is 0.754. The highest BCUT2D eigenvalue weighted by Gasteiger charge is 2.35. The zero-order valence-corrected chi connectivity index (χ0v) is 14.0. The van der Waals surface area contributed by atoms with Crippen LogP contribution >= 0.6 is 0 Å². The molecule has 0 saturated heterocycles. The SMILES string of the molecule is COCCCN1C(=O)c2ccc(C(=O)Nc3cnn(C)c3)cc2C1=O. The minimum Gasteiger partial charge on any atom is -0.385 e. The number of hydrogen-bond donors (Lipinski definition) is 1. The smallest absolute Gasteiger partial charge is 0.261 e. The maximum Gasteiger partial charge on any atom is 0.261 e. The second-order valence-electron chi connectivity index (χ2n) is 5.73. The fraction of sp³-hybridized carbons (Fsp3) is 0.294. The molecule has 2 aromatic rings. The van der Waals surface area contributed by atoms with Gasteiger partial charge in [-0.25, -0.2) is 0 Å². The summed E-state index contributed by atoms with van der Waals surface area (Å²) in [5.41, 5.74) is 1.43. The summed E-state index contributed by atoms with van der Waals surface area (Å²) in [5.74, 6) is -1.09. The Hall–Kier alpha value is -3.00. The van der Waals surface area contributed by atoms with Crippen LogP contribution in [0.5, 0.6) is 0 Å². The van der Waals surface area contributed by atoms with Crippen molar-refractivity contribution in [1.29, 1.82) is 0 Å². The minimum atomic E-state index is -0.382. The first-order valence-electron chi connectivity index (χ1n) is 7.80. The van der Waals surface area contributed by atoms with E-state index in [4.69, 9.17) is 4.74 Å². The number of benzene rings is 1. The van der Waals surface area contributed by atoms with Crippen LogP contribution in [0.1, 0.15) is 37.5 Å². The molecule has 3 rings (SSSR count). The summed E-state index contributed by atoms with van der Waals surface area (Å²) in [6, 6.07) is 4.51. The van der Waals surface area contributed by atoms with Crippen LogP contribution < -0.4 is 5.32 Å². The molecule has 1 aromatic carbocycles. The molecule has 2 heterocycles. The first kappa shape index (κ1) is 16.8. The fourth-order valence-electron chi connectivity index (χ4n) is 2.69. The van der Waals surface area contributed by atoms with E-state index in [0.717, 1.165) is 0 Å². The van der Waals surface area contributed by atoms with Gasteiger partial charge in [-0.15, -0.1) is 0 Å². The van der Waals surface area contributed by atoms with Crippen molar-refractivity contribution in [3.05, 3.63) is 47.3 Å². The van der Waals surface area contributed by atoms with E-state index in [9.17, 15) is 14.4 Å². The van der Waals surface area contributed by atoms with Crippen LogP contribution in [0.25, 0.3) is 0 Å². The first-order chi connectivity index (χ1) is 12.0. The highest BCUT2D eigenvalue weighted by atomic mass is 16.5. The molecule has 3 amide bonds. The zero-order chi connectivity index (χ0) is 18.0. The maximum absolute atomic E-state index is 12.5. The van der Waals surface area contributed by atoms with E-state index < -0.39 is 0 Å². The van der Waals surface area contributed by atoms with Gasteiger partial charge in [0.05, 0.1) is 23.0 Å². The molecule has 0 bridgehead atoms. The van der Waals surface area contributed by atoms with Crippen molar-refractivity contribution in [1.82, 2.24) is 14.7 Å². The molecule has 0 fully saturated rings. The topological polar surface area (TPSA) is 93.5 Å². The highest BCUT2D eigenvalue weighted by molar-refractivity contribution is 6.22. The van der Waals surface area contributed by atoms with Gasteiger partial charge >= 0.3 is 0 Å². The van der Waals surface area contributed by atoms with Crippen LogP contribution in [0.2, 0.25) is 0 Å². The Kier molecular flexibility index (Phi) is 4.62. The number of imide groups is 1. The number of hydrogen-bond acceptors (Lipinski definition) is 5. The number of carbonyl (C=O) groups is 3. The highest BCUT2D eigenvalue weighted by Crippen LogP contribution is 2.24. The number of nitrogens with one attached hydrogen (secondary N) is 1. The van der Waals surface area contributed by atoms with Gasteiger partial charge < -0.3 is 10.1 Å². The number of aromatic nitrogens is 2. The normalized spacial score (nSPS) is 13.3. The van der Waals surface area contributed by atoms with Gasteiger partial charge in [-0.3, -0.25) is 24.0 Å². The average molecular weight is 342 g/mol. The summed E-state index contributed by atoms with van der Waals surface area (Å²) in [5, 5.41) is 6.68. The lowest BCUT2D eigenvalue weighted by atomic mass is 10.1. The first-order valence-corrected chi connectivity index (χ1v) is 7.80. The number of methoxy groups -OCH3 is 1. The third kappa shape index (κ3) is 3.29. The molecule has 8 nitrogen and oxygen atoms in total. The van der Waals surface area contributed by atoms with Crippen molar-refractivity contribution in [2.45, 2.75) is 6.42 Å². The predicted molar refractivity (Wildman–Crippen MR) is 89.5 cm³/mol. The third-order valence-electron chi connectivity index (χ3n) is 3.93. The van der Waals surface area contributed by atoms with Crippen molar-refractivity contribution < 1.29 is 19.1 Å². The number of amides is 3. The largest absolute Gasteiger partial charge is 0.385 e. The van der Waals surface area contributed by atoms with E-state index in [-0.39, 0.29) is 29.8 Å². The summed E-state index contributed by atoms with van der Waals surface area (Å²) >= 11 is 0. The molecule has 25 heavy (non-hydrogen) atoms. The van der Waals surface area contributed by atoms with Crippen LogP contribution in [0.4, 0.5) is 5.69 Å². The summed E-state index contributed by atoms with van der Waals surface area (Å²) in [7, 11) is 3.31. The van der Waals surface area contributed by atoms with E-state index in [0.29, 0.717) is 29.8 Å². The van der Waals surface area contributed by atoms with Gasteiger partial charge in [-0.1, -0.05) is 0 Å². The summed E-state index contributed by atoms with van der Waals surface area (Å²) in [4.78, 5) is 38.3. The summed E-state index contributed by atoms with van der Waals surface area (Å²) < 4.78 is 6.52. The number of rotatable bonds is 6. The molecule has 0 aliphatic carbocycles. The van der Waals surface area contributed by atoms with Crippen molar-refractivity contribution in [2.75, 3.05) is 25.6 Å². The van der Waals surface area contributed by atoms with Gasteiger partial charge in [-0.05, 0) is 24.6 Å². The van der Waals surface area contributed by atoms with Crippen LogP contribution in [0.15, 0.2) is 30.6 Å². The van der Waals surface area contributed by atoms with Crippen molar-refractivity contribution >= 4 is 23.4 Å². The molecule has 1 N–H and O–H groups in total. The lowest BCUT2D eigenvalue weighted by Gasteiger charge is -2.12. The van der Waals surface area contributed by atoms with Crippen LogP contribution in [-0.2, 0) is 11.8 Å². The lowest BCUT2D eigenvalue weighted by molar-refractivity contribution is 0.0638. The van der Waals surface area contributed by atoms with Crippen molar-refractivity contribution in [3.8, 4) is 0 Å². The van der Waals surface area contributed by atoms with Gasteiger partial charge in [0.2, 0.25) is 0 Å². The van der Waals surface area contributed by atoms with Crippen LogP contribution in [-0.4, -0.2) is 52.7 Å². The maximum atomic E-state index is 12.5. The van der Waals surface area contributed by atoms with E-state index in [1.807, 2.05) is 0 Å². The monoisotopic (exact) mass is 342 g/mol. The van der Waals surface area contributed by atoms with Gasteiger partial charge in [0.1, 0.15) is 0 Å². The fourth-order valence-corrected chi connectivity index (χ4v) is 2.69.